The molecule has 25 heavy (non-hydrogen) atoms. The number of esters is 1. The van der Waals surface area contributed by atoms with Crippen LogP contribution in [-0.2, 0) is 14.3 Å². The molecule has 0 bridgehead atoms. The normalized spacial score (nSPS) is 14.9. The highest BCUT2D eigenvalue weighted by Gasteiger charge is 2.24. The zero-order valence-electron chi connectivity index (χ0n) is 14.0. The Hall–Kier alpha value is -2.22. The van der Waals surface area contributed by atoms with Gasteiger partial charge in [-0.1, -0.05) is 30.3 Å². The number of methoxy groups -OCH3 is 1. The fraction of sp³-hybridized carbons (Fsp3) is 0.333. The van der Waals surface area contributed by atoms with Gasteiger partial charge < -0.3 is 19.7 Å². The summed E-state index contributed by atoms with van der Waals surface area (Å²) < 4.78 is 10.2. The van der Waals surface area contributed by atoms with E-state index in [0.717, 1.165) is 24.2 Å². The highest BCUT2D eigenvalue weighted by atomic mass is 32.1. The Bertz CT molecular complexity index is 739. The van der Waals surface area contributed by atoms with Gasteiger partial charge in [0.15, 0.2) is 6.54 Å². The summed E-state index contributed by atoms with van der Waals surface area (Å²) in [7, 11) is 1.35. The number of anilines is 1. The lowest BCUT2D eigenvalue weighted by Crippen LogP contribution is -3.15. The SMILES string of the molecule is COC(=O)c1c(-c2ccccc2)csc1NC(=O)C[NH+]1CCOCC1. The molecule has 132 valence electrons. The van der Waals surface area contributed by atoms with E-state index >= 15 is 0 Å². The summed E-state index contributed by atoms with van der Waals surface area (Å²) in [5.41, 5.74) is 2.09. The zero-order chi connectivity index (χ0) is 17.6. The molecule has 0 radical (unpaired) electrons. The van der Waals surface area contributed by atoms with Crippen molar-refractivity contribution in [2.24, 2.45) is 0 Å². The quantitative estimate of drug-likeness (QED) is 0.782. The first kappa shape index (κ1) is 17.6. The predicted molar refractivity (Wildman–Crippen MR) is 96.1 cm³/mol. The standard InChI is InChI=1S/C18H20N2O4S/c1-23-18(22)16-14(13-5-3-2-4-6-13)12-25-17(16)19-15(21)11-20-7-9-24-10-8-20/h2-6,12H,7-11H2,1H3,(H,19,21)/p+1. The first-order chi connectivity index (χ1) is 12.2. The van der Waals surface area contributed by atoms with Crippen molar-refractivity contribution in [3.63, 3.8) is 0 Å². The summed E-state index contributed by atoms with van der Waals surface area (Å²) in [4.78, 5) is 25.8. The van der Waals surface area contributed by atoms with Gasteiger partial charge in [0, 0.05) is 10.9 Å². The summed E-state index contributed by atoms with van der Waals surface area (Å²) >= 11 is 1.34. The van der Waals surface area contributed by atoms with Crippen molar-refractivity contribution in [1.82, 2.24) is 0 Å². The van der Waals surface area contributed by atoms with E-state index in [1.807, 2.05) is 35.7 Å². The molecule has 0 aliphatic carbocycles. The van der Waals surface area contributed by atoms with Crippen molar-refractivity contribution in [1.29, 1.82) is 0 Å². The number of thiophene rings is 1. The third kappa shape index (κ3) is 4.25. The van der Waals surface area contributed by atoms with E-state index in [9.17, 15) is 9.59 Å². The van der Waals surface area contributed by atoms with Crippen molar-refractivity contribution in [3.8, 4) is 11.1 Å². The maximum atomic E-state index is 12.4. The Morgan fingerprint density at radius 3 is 2.64 bits per heavy atom. The molecule has 1 amide bonds. The van der Waals surface area contributed by atoms with E-state index < -0.39 is 5.97 Å². The number of nitrogens with one attached hydrogen (secondary N) is 2. The van der Waals surface area contributed by atoms with Crippen LogP contribution < -0.4 is 10.2 Å². The monoisotopic (exact) mass is 361 g/mol. The van der Waals surface area contributed by atoms with Gasteiger partial charge in [0.05, 0.1) is 20.3 Å². The van der Waals surface area contributed by atoms with Gasteiger partial charge in [-0.3, -0.25) is 4.79 Å². The van der Waals surface area contributed by atoms with Crippen LogP contribution in [0.1, 0.15) is 10.4 Å². The first-order valence-corrected chi connectivity index (χ1v) is 9.03. The number of hydrogen-bond acceptors (Lipinski definition) is 5. The van der Waals surface area contributed by atoms with E-state index in [1.165, 1.54) is 23.3 Å². The fourth-order valence-corrected chi connectivity index (χ4v) is 3.79. The number of carbonyl (C=O) groups is 2. The molecule has 0 spiro atoms. The molecule has 1 fully saturated rings. The second-order valence-corrected chi connectivity index (χ2v) is 6.68. The highest BCUT2D eigenvalue weighted by molar-refractivity contribution is 7.15. The van der Waals surface area contributed by atoms with E-state index in [1.54, 1.807) is 0 Å². The van der Waals surface area contributed by atoms with Gasteiger partial charge in [0.1, 0.15) is 23.7 Å². The number of amides is 1. The molecule has 2 heterocycles. The molecule has 2 N–H and O–H groups in total. The number of ether oxygens (including phenoxy) is 2. The van der Waals surface area contributed by atoms with Crippen LogP contribution in [0.2, 0.25) is 0 Å². The smallest absolute Gasteiger partial charge is 0.341 e. The second kappa shape index (κ2) is 8.24. The van der Waals surface area contributed by atoms with Gasteiger partial charge in [0.2, 0.25) is 0 Å². The van der Waals surface area contributed by atoms with Crippen LogP contribution in [0.15, 0.2) is 35.7 Å². The molecule has 1 aliphatic heterocycles. The van der Waals surface area contributed by atoms with Crippen molar-refractivity contribution < 1.29 is 24.0 Å². The van der Waals surface area contributed by atoms with E-state index in [-0.39, 0.29) is 5.91 Å². The molecular formula is C18H21N2O4S+. The third-order valence-corrected chi connectivity index (χ3v) is 5.02. The average Bonchev–Trinajstić information content (AvgIpc) is 3.06. The maximum Gasteiger partial charge on any atom is 0.341 e. The Labute approximate surface area is 150 Å². The van der Waals surface area contributed by atoms with Gasteiger partial charge in [-0.25, -0.2) is 4.79 Å². The predicted octanol–water partition coefficient (Wildman–Crippen LogP) is 1.06. The molecular weight excluding hydrogens is 340 g/mol. The van der Waals surface area contributed by atoms with Crippen molar-refractivity contribution >= 4 is 28.2 Å². The van der Waals surface area contributed by atoms with Gasteiger partial charge in [-0.2, -0.15) is 0 Å². The average molecular weight is 361 g/mol. The van der Waals surface area contributed by atoms with E-state index in [2.05, 4.69) is 5.32 Å². The molecule has 3 rings (SSSR count). The van der Waals surface area contributed by atoms with Crippen molar-refractivity contribution in [2.45, 2.75) is 0 Å². The van der Waals surface area contributed by atoms with Gasteiger partial charge in [0.25, 0.3) is 5.91 Å². The lowest BCUT2D eigenvalue weighted by atomic mass is 10.0. The number of hydrogen-bond donors (Lipinski definition) is 2. The summed E-state index contributed by atoms with van der Waals surface area (Å²) in [6, 6.07) is 9.60. The van der Waals surface area contributed by atoms with Crippen LogP contribution in [0.3, 0.4) is 0 Å². The van der Waals surface area contributed by atoms with Crippen LogP contribution in [0.4, 0.5) is 5.00 Å². The number of morpholine rings is 1. The number of quaternary nitrogens is 1. The third-order valence-electron chi connectivity index (χ3n) is 4.13. The molecule has 7 heteroatoms. The Balaban J connectivity index is 1.80. The molecule has 1 saturated heterocycles. The first-order valence-electron chi connectivity index (χ1n) is 8.15. The molecule has 1 aromatic carbocycles. The maximum absolute atomic E-state index is 12.4. The molecule has 0 saturated carbocycles. The lowest BCUT2D eigenvalue weighted by molar-refractivity contribution is -0.899. The summed E-state index contributed by atoms with van der Waals surface area (Å²) in [5.74, 6) is -0.558. The Kier molecular flexibility index (Phi) is 5.80. The molecule has 2 aromatic rings. The molecule has 1 aliphatic rings. The summed E-state index contributed by atoms with van der Waals surface area (Å²) in [5, 5.41) is 5.29. The minimum atomic E-state index is -0.450. The molecule has 1 aromatic heterocycles. The molecule has 0 unspecified atom stereocenters. The minimum absolute atomic E-state index is 0.108. The van der Waals surface area contributed by atoms with Crippen LogP contribution in [0, 0.1) is 0 Å². The summed E-state index contributed by atoms with van der Waals surface area (Å²) in [6.07, 6.45) is 0. The number of carbonyl (C=O) groups excluding carboxylic acids is 2. The van der Waals surface area contributed by atoms with Crippen molar-refractivity contribution in [3.05, 3.63) is 41.3 Å². The van der Waals surface area contributed by atoms with Crippen LogP contribution in [0.5, 0.6) is 0 Å². The van der Waals surface area contributed by atoms with Gasteiger partial charge in [-0.05, 0) is 5.56 Å². The Morgan fingerprint density at radius 1 is 1.24 bits per heavy atom. The molecule has 0 atom stereocenters. The number of rotatable bonds is 5. The van der Waals surface area contributed by atoms with Crippen molar-refractivity contribution in [2.75, 3.05) is 45.3 Å². The van der Waals surface area contributed by atoms with E-state index in [4.69, 9.17) is 9.47 Å². The minimum Gasteiger partial charge on any atom is -0.465 e. The van der Waals surface area contributed by atoms with Gasteiger partial charge in [-0.15, -0.1) is 11.3 Å². The highest BCUT2D eigenvalue weighted by Crippen LogP contribution is 2.35. The number of benzene rings is 1. The van der Waals surface area contributed by atoms with Crippen LogP contribution in [-0.4, -0.2) is 51.8 Å². The zero-order valence-corrected chi connectivity index (χ0v) is 14.9. The van der Waals surface area contributed by atoms with Gasteiger partial charge >= 0.3 is 5.97 Å². The second-order valence-electron chi connectivity index (χ2n) is 5.80. The molecule has 6 nitrogen and oxygen atoms in total. The lowest BCUT2D eigenvalue weighted by Gasteiger charge is -2.23. The summed E-state index contributed by atoms with van der Waals surface area (Å²) in [6.45, 7) is 3.34. The van der Waals surface area contributed by atoms with Crippen LogP contribution >= 0.6 is 11.3 Å². The van der Waals surface area contributed by atoms with Crippen LogP contribution in [0.25, 0.3) is 11.1 Å². The largest absolute Gasteiger partial charge is 0.465 e. The Morgan fingerprint density at radius 2 is 1.96 bits per heavy atom. The topological polar surface area (TPSA) is 69.1 Å². The fourth-order valence-electron chi connectivity index (χ4n) is 2.82. The van der Waals surface area contributed by atoms with E-state index in [0.29, 0.717) is 30.3 Å².